The summed E-state index contributed by atoms with van der Waals surface area (Å²) in [5.74, 6) is 6.35. The monoisotopic (exact) mass is 257 g/mol. The first-order valence-corrected chi connectivity index (χ1v) is 7.00. The maximum Gasteiger partial charge on any atom is 0.0705 e. The zero-order chi connectivity index (χ0) is 13.7. The molecule has 102 valence electrons. The summed E-state index contributed by atoms with van der Waals surface area (Å²) < 4.78 is 0. The standard InChI is InChI=1S/C16H23N3/c1-12(2)7-9-15(19-17)11-14-10-8-13-5-3-4-6-16(13)18-14/h3-6,8,10,12,15,19H,7,9,11,17H2,1-2H3. The highest BCUT2D eigenvalue weighted by atomic mass is 15.2. The van der Waals surface area contributed by atoms with Crippen molar-refractivity contribution in [1.82, 2.24) is 10.4 Å². The Bertz CT molecular complexity index is 522. The van der Waals surface area contributed by atoms with Gasteiger partial charge in [-0.2, -0.15) is 0 Å². The lowest BCUT2D eigenvalue weighted by molar-refractivity contribution is 0.432. The SMILES string of the molecule is CC(C)CCC(Cc1ccc2ccccc2n1)NN. The summed E-state index contributed by atoms with van der Waals surface area (Å²) in [6.07, 6.45) is 3.15. The topological polar surface area (TPSA) is 50.9 Å². The van der Waals surface area contributed by atoms with E-state index >= 15 is 0 Å². The number of nitrogens with two attached hydrogens (primary N) is 1. The summed E-state index contributed by atoms with van der Waals surface area (Å²) in [7, 11) is 0. The number of pyridine rings is 1. The van der Waals surface area contributed by atoms with Gasteiger partial charge < -0.3 is 0 Å². The van der Waals surface area contributed by atoms with Crippen LogP contribution >= 0.6 is 0 Å². The van der Waals surface area contributed by atoms with Crippen LogP contribution in [0.25, 0.3) is 10.9 Å². The lowest BCUT2D eigenvalue weighted by atomic mass is 10.00. The first kappa shape index (κ1) is 14.0. The number of para-hydroxylation sites is 1. The fourth-order valence-corrected chi connectivity index (χ4v) is 2.25. The summed E-state index contributed by atoms with van der Waals surface area (Å²) >= 11 is 0. The highest BCUT2D eigenvalue weighted by Crippen LogP contribution is 2.14. The van der Waals surface area contributed by atoms with Crippen molar-refractivity contribution in [3.8, 4) is 0 Å². The van der Waals surface area contributed by atoms with E-state index in [0.717, 1.165) is 24.1 Å². The molecule has 0 aliphatic rings. The van der Waals surface area contributed by atoms with Gasteiger partial charge in [-0.25, -0.2) is 0 Å². The molecule has 1 aromatic heterocycles. The Morgan fingerprint density at radius 3 is 2.63 bits per heavy atom. The van der Waals surface area contributed by atoms with Crippen LogP contribution in [0.5, 0.6) is 0 Å². The molecule has 0 aliphatic heterocycles. The van der Waals surface area contributed by atoms with E-state index < -0.39 is 0 Å². The van der Waals surface area contributed by atoms with Crippen molar-refractivity contribution in [2.45, 2.75) is 39.2 Å². The molecule has 2 rings (SSSR count). The molecule has 1 unspecified atom stereocenters. The maximum atomic E-state index is 5.64. The van der Waals surface area contributed by atoms with Crippen molar-refractivity contribution in [2.75, 3.05) is 0 Å². The Balaban J connectivity index is 2.06. The lowest BCUT2D eigenvalue weighted by Gasteiger charge is -2.16. The quantitative estimate of drug-likeness (QED) is 0.617. The first-order chi connectivity index (χ1) is 9.19. The number of benzene rings is 1. The van der Waals surface area contributed by atoms with Crippen LogP contribution in [0.3, 0.4) is 0 Å². The molecule has 1 atom stereocenters. The smallest absolute Gasteiger partial charge is 0.0705 e. The average Bonchev–Trinajstić information content (AvgIpc) is 2.43. The van der Waals surface area contributed by atoms with E-state index in [2.05, 4.69) is 43.5 Å². The fraction of sp³-hybridized carbons (Fsp3) is 0.438. The third-order valence-electron chi connectivity index (χ3n) is 3.44. The van der Waals surface area contributed by atoms with Gasteiger partial charge in [0, 0.05) is 23.5 Å². The molecule has 19 heavy (non-hydrogen) atoms. The van der Waals surface area contributed by atoms with Gasteiger partial charge in [0.2, 0.25) is 0 Å². The van der Waals surface area contributed by atoms with Crippen molar-refractivity contribution in [3.63, 3.8) is 0 Å². The molecule has 3 N–H and O–H groups in total. The Morgan fingerprint density at radius 1 is 1.11 bits per heavy atom. The van der Waals surface area contributed by atoms with Crippen LogP contribution < -0.4 is 11.3 Å². The van der Waals surface area contributed by atoms with Crippen LogP contribution in [-0.2, 0) is 6.42 Å². The van der Waals surface area contributed by atoms with Crippen molar-refractivity contribution in [2.24, 2.45) is 11.8 Å². The van der Waals surface area contributed by atoms with Gasteiger partial charge in [0.1, 0.15) is 0 Å². The summed E-state index contributed by atoms with van der Waals surface area (Å²) in [6, 6.07) is 12.7. The van der Waals surface area contributed by atoms with Crippen LogP contribution in [0.2, 0.25) is 0 Å². The largest absolute Gasteiger partial charge is 0.271 e. The number of nitrogens with one attached hydrogen (secondary N) is 1. The van der Waals surface area contributed by atoms with Crippen molar-refractivity contribution < 1.29 is 0 Å². The van der Waals surface area contributed by atoms with Gasteiger partial charge >= 0.3 is 0 Å². The lowest BCUT2D eigenvalue weighted by Crippen LogP contribution is -2.37. The third-order valence-corrected chi connectivity index (χ3v) is 3.44. The first-order valence-electron chi connectivity index (χ1n) is 7.00. The highest BCUT2D eigenvalue weighted by molar-refractivity contribution is 5.78. The molecule has 0 radical (unpaired) electrons. The van der Waals surface area contributed by atoms with E-state index in [1.165, 1.54) is 11.8 Å². The van der Waals surface area contributed by atoms with Gasteiger partial charge in [0.25, 0.3) is 0 Å². The Hall–Kier alpha value is -1.45. The Morgan fingerprint density at radius 2 is 1.89 bits per heavy atom. The third kappa shape index (κ3) is 4.01. The van der Waals surface area contributed by atoms with Crippen molar-refractivity contribution in [3.05, 3.63) is 42.1 Å². The van der Waals surface area contributed by atoms with E-state index in [-0.39, 0.29) is 0 Å². The second-order valence-electron chi connectivity index (χ2n) is 5.53. The summed E-state index contributed by atoms with van der Waals surface area (Å²) in [4.78, 5) is 4.69. The molecule has 0 saturated carbocycles. The molecule has 0 bridgehead atoms. The normalized spacial score (nSPS) is 13.1. The average molecular weight is 257 g/mol. The number of hydrogen-bond donors (Lipinski definition) is 2. The van der Waals surface area contributed by atoms with Crippen LogP contribution in [-0.4, -0.2) is 11.0 Å². The van der Waals surface area contributed by atoms with Gasteiger partial charge in [-0.1, -0.05) is 38.1 Å². The summed E-state index contributed by atoms with van der Waals surface area (Å²) in [5, 5.41) is 1.19. The Labute approximate surface area is 115 Å². The molecule has 0 aliphatic carbocycles. The molecule has 0 fully saturated rings. The molecule has 0 saturated heterocycles. The molecule has 0 amide bonds. The second kappa shape index (κ2) is 6.64. The van der Waals surface area contributed by atoms with Gasteiger partial charge in [0.15, 0.2) is 0 Å². The summed E-state index contributed by atoms with van der Waals surface area (Å²) in [6.45, 7) is 4.48. The number of hydrazine groups is 1. The molecular formula is C16H23N3. The molecule has 3 nitrogen and oxygen atoms in total. The molecular weight excluding hydrogens is 234 g/mol. The Kier molecular flexibility index (Phi) is 4.88. The number of hydrogen-bond acceptors (Lipinski definition) is 3. The van der Waals surface area contributed by atoms with Crippen LogP contribution in [0.15, 0.2) is 36.4 Å². The van der Waals surface area contributed by atoms with E-state index in [0.29, 0.717) is 12.0 Å². The number of rotatable bonds is 6. The highest BCUT2D eigenvalue weighted by Gasteiger charge is 2.10. The fourth-order valence-electron chi connectivity index (χ4n) is 2.25. The molecule has 1 heterocycles. The molecule has 2 aromatic rings. The minimum atomic E-state index is 0.302. The summed E-state index contributed by atoms with van der Waals surface area (Å²) in [5.41, 5.74) is 5.07. The molecule has 3 heteroatoms. The second-order valence-corrected chi connectivity index (χ2v) is 5.53. The number of fused-ring (bicyclic) bond motifs is 1. The van der Waals surface area contributed by atoms with E-state index in [1.807, 2.05) is 12.1 Å². The van der Waals surface area contributed by atoms with Gasteiger partial charge in [-0.3, -0.25) is 16.3 Å². The minimum Gasteiger partial charge on any atom is -0.271 e. The van der Waals surface area contributed by atoms with Crippen LogP contribution in [0, 0.1) is 5.92 Å². The van der Waals surface area contributed by atoms with Gasteiger partial charge in [-0.15, -0.1) is 0 Å². The van der Waals surface area contributed by atoms with E-state index in [1.54, 1.807) is 0 Å². The van der Waals surface area contributed by atoms with E-state index in [4.69, 9.17) is 10.8 Å². The molecule has 0 spiro atoms. The maximum absolute atomic E-state index is 5.64. The predicted molar refractivity (Wildman–Crippen MR) is 80.6 cm³/mol. The van der Waals surface area contributed by atoms with Gasteiger partial charge in [-0.05, 0) is 30.9 Å². The van der Waals surface area contributed by atoms with Gasteiger partial charge in [0.05, 0.1) is 5.52 Å². The van der Waals surface area contributed by atoms with Crippen molar-refractivity contribution >= 4 is 10.9 Å². The zero-order valence-corrected chi connectivity index (χ0v) is 11.8. The van der Waals surface area contributed by atoms with E-state index in [9.17, 15) is 0 Å². The minimum absolute atomic E-state index is 0.302. The number of aromatic nitrogens is 1. The van der Waals surface area contributed by atoms with Crippen LogP contribution in [0.1, 0.15) is 32.4 Å². The van der Waals surface area contributed by atoms with Crippen LogP contribution in [0.4, 0.5) is 0 Å². The van der Waals surface area contributed by atoms with Crippen molar-refractivity contribution in [1.29, 1.82) is 0 Å². The predicted octanol–water partition coefficient (Wildman–Crippen LogP) is 3.05. The zero-order valence-electron chi connectivity index (χ0n) is 11.8. The number of nitrogens with zero attached hydrogens (tertiary/aromatic N) is 1. The molecule has 1 aromatic carbocycles.